The monoisotopic (exact) mass is 421 g/mol. The molecule has 1 amide bonds. The average Bonchev–Trinajstić information content (AvgIpc) is 2.72. The Labute approximate surface area is 174 Å². The standard InChI is InChI=1S/C19H24ClN5O4/c1-12(11-26)23-18-21-9-14-5-6-25(10-16(14)24-18)29-19(27)22-8-13-3-4-17(28-2)15(20)7-13/h3-4,7,9,12,26H,5-6,8,10-11H2,1-2H3,(H,22,27)(H,21,23,24)/t12-/m0/s1. The molecule has 0 saturated heterocycles. The highest BCUT2D eigenvalue weighted by Gasteiger charge is 2.22. The van der Waals surface area contributed by atoms with E-state index in [4.69, 9.17) is 26.3 Å². The molecule has 2 aromatic rings. The molecule has 10 heteroatoms. The number of ether oxygens (including phenoxy) is 1. The Morgan fingerprint density at radius 3 is 3.00 bits per heavy atom. The Morgan fingerprint density at radius 1 is 1.45 bits per heavy atom. The van der Waals surface area contributed by atoms with Gasteiger partial charge in [0.05, 0.1) is 31.0 Å². The van der Waals surface area contributed by atoms with Crippen molar-refractivity contribution < 1.29 is 19.5 Å². The summed E-state index contributed by atoms with van der Waals surface area (Å²) in [5, 5.41) is 16.9. The number of hydrogen-bond donors (Lipinski definition) is 3. The molecule has 3 N–H and O–H groups in total. The largest absolute Gasteiger partial charge is 0.495 e. The minimum Gasteiger partial charge on any atom is -0.495 e. The van der Waals surface area contributed by atoms with E-state index in [1.165, 1.54) is 0 Å². The molecule has 2 heterocycles. The van der Waals surface area contributed by atoms with Crippen LogP contribution in [0.15, 0.2) is 24.4 Å². The van der Waals surface area contributed by atoms with E-state index in [2.05, 4.69) is 20.6 Å². The second-order valence-electron chi connectivity index (χ2n) is 6.71. The number of nitrogens with one attached hydrogen (secondary N) is 2. The van der Waals surface area contributed by atoms with Crippen LogP contribution < -0.4 is 15.4 Å². The van der Waals surface area contributed by atoms with Crippen molar-refractivity contribution in [1.82, 2.24) is 20.3 Å². The van der Waals surface area contributed by atoms with Gasteiger partial charge in [0.25, 0.3) is 0 Å². The van der Waals surface area contributed by atoms with Gasteiger partial charge in [0.15, 0.2) is 0 Å². The summed E-state index contributed by atoms with van der Waals surface area (Å²) in [7, 11) is 1.55. The molecule has 29 heavy (non-hydrogen) atoms. The predicted octanol–water partition coefficient (Wildman–Crippen LogP) is 2.13. The first-order valence-corrected chi connectivity index (χ1v) is 9.61. The lowest BCUT2D eigenvalue weighted by Crippen LogP contribution is -2.37. The van der Waals surface area contributed by atoms with Crippen molar-refractivity contribution in [3.63, 3.8) is 0 Å². The molecule has 1 aliphatic heterocycles. The van der Waals surface area contributed by atoms with E-state index >= 15 is 0 Å². The van der Waals surface area contributed by atoms with Crippen molar-refractivity contribution in [2.24, 2.45) is 0 Å². The van der Waals surface area contributed by atoms with Gasteiger partial charge in [0.1, 0.15) is 5.75 Å². The van der Waals surface area contributed by atoms with Crippen LogP contribution in [-0.2, 0) is 24.3 Å². The van der Waals surface area contributed by atoms with Crippen molar-refractivity contribution in [3.05, 3.63) is 46.2 Å². The number of amides is 1. The minimum absolute atomic E-state index is 0.0186. The Balaban J connectivity index is 1.53. The van der Waals surface area contributed by atoms with Crippen LogP contribution in [-0.4, -0.2) is 52.5 Å². The quantitative estimate of drug-likeness (QED) is 0.623. The molecule has 0 unspecified atom stereocenters. The van der Waals surface area contributed by atoms with Crippen molar-refractivity contribution in [2.75, 3.05) is 25.6 Å². The normalized spacial score (nSPS) is 14.6. The first-order valence-electron chi connectivity index (χ1n) is 9.24. The maximum absolute atomic E-state index is 12.2. The molecule has 3 rings (SSSR count). The summed E-state index contributed by atoms with van der Waals surface area (Å²) in [5.74, 6) is 1.02. The molecule has 156 valence electrons. The third kappa shape index (κ3) is 5.69. The van der Waals surface area contributed by atoms with Crippen LogP contribution in [0.1, 0.15) is 23.7 Å². The molecule has 0 spiro atoms. The molecule has 0 fully saturated rings. The summed E-state index contributed by atoms with van der Waals surface area (Å²) < 4.78 is 5.11. The second kappa shape index (κ2) is 9.73. The lowest BCUT2D eigenvalue weighted by atomic mass is 10.1. The summed E-state index contributed by atoms with van der Waals surface area (Å²) in [4.78, 5) is 26.3. The number of carbonyl (C=O) groups is 1. The van der Waals surface area contributed by atoms with Gasteiger partial charge in [0.2, 0.25) is 5.95 Å². The molecule has 1 atom stereocenters. The number of rotatable bonds is 7. The fraction of sp³-hybridized carbons (Fsp3) is 0.421. The topological polar surface area (TPSA) is 109 Å². The van der Waals surface area contributed by atoms with Crippen molar-refractivity contribution in [1.29, 1.82) is 0 Å². The fourth-order valence-corrected chi connectivity index (χ4v) is 3.12. The number of methoxy groups -OCH3 is 1. The number of anilines is 1. The van der Waals surface area contributed by atoms with Gasteiger partial charge in [-0.15, -0.1) is 5.06 Å². The van der Waals surface area contributed by atoms with Gasteiger partial charge < -0.3 is 25.3 Å². The number of aliphatic hydroxyl groups is 1. The number of fused-ring (bicyclic) bond motifs is 1. The van der Waals surface area contributed by atoms with E-state index in [0.29, 0.717) is 36.2 Å². The van der Waals surface area contributed by atoms with Gasteiger partial charge in [-0.3, -0.25) is 0 Å². The number of nitrogens with zero attached hydrogens (tertiary/aromatic N) is 3. The Bertz CT molecular complexity index is 866. The van der Waals surface area contributed by atoms with E-state index in [1.807, 2.05) is 13.0 Å². The second-order valence-corrected chi connectivity index (χ2v) is 7.12. The SMILES string of the molecule is COc1ccc(CNC(=O)ON2CCc3cnc(N[C@@H](C)CO)nc3C2)cc1Cl. The highest BCUT2D eigenvalue weighted by atomic mass is 35.5. The number of halogens is 1. The van der Waals surface area contributed by atoms with Crippen LogP contribution in [0.5, 0.6) is 5.75 Å². The average molecular weight is 422 g/mol. The third-order valence-electron chi connectivity index (χ3n) is 4.43. The minimum atomic E-state index is -0.554. The molecular weight excluding hydrogens is 398 g/mol. The molecule has 9 nitrogen and oxygen atoms in total. The van der Waals surface area contributed by atoms with Crippen molar-refractivity contribution in [2.45, 2.75) is 32.5 Å². The van der Waals surface area contributed by atoms with Gasteiger partial charge in [-0.05, 0) is 36.6 Å². The molecular formula is C19H24ClN5O4. The summed E-state index contributed by atoms with van der Waals surface area (Å²) in [5.41, 5.74) is 2.63. The summed E-state index contributed by atoms with van der Waals surface area (Å²) in [6, 6.07) is 5.15. The first kappa shape index (κ1) is 21.1. The number of hydrogen-bond acceptors (Lipinski definition) is 8. The maximum atomic E-state index is 12.2. The molecule has 0 aliphatic carbocycles. The number of aromatic nitrogens is 2. The Kier molecular flexibility index (Phi) is 7.08. The third-order valence-corrected chi connectivity index (χ3v) is 4.72. The summed E-state index contributed by atoms with van der Waals surface area (Å²) in [6.45, 7) is 3.01. The number of benzene rings is 1. The number of aliphatic hydroxyl groups excluding tert-OH is 1. The van der Waals surface area contributed by atoms with E-state index in [9.17, 15) is 4.79 Å². The predicted molar refractivity (Wildman–Crippen MR) is 108 cm³/mol. The van der Waals surface area contributed by atoms with Gasteiger partial charge in [0, 0.05) is 25.3 Å². The van der Waals surface area contributed by atoms with E-state index in [-0.39, 0.29) is 19.2 Å². The van der Waals surface area contributed by atoms with Crippen LogP contribution in [0.3, 0.4) is 0 Å². The molecule has 0 bridgehead atoms. The van der Waals surface area contributed by atoms with Crippen LogP contribution in [0.25, 0.3) is 0 Å². The zero-order valence-electron chi connectivity index (χ0n) is 16.3. The Hall–Kier alpha value is -2.62. The maximum Gasteiger partial charge on any atom is 0.426 e. The molecule has 1 aromatic heterocycles. The number of carbonyl (C=O) groups excluding carboxylic acids is 1. The molecule has 0 saturated carbocycles. The van der Waals surface area contributed by atoms with Gasteiger partial charge in [-0.1, -0.05) is 17.7 Å². The highest BCUT2D eigenvalue weighted by molar-refractivity contribution is 6.32. The molecule has 1 aromatic carbocycles. The van der Waals surface area contributed by atoms with Crippen LogP contribution in [0, 0.1) is 0 Å². The zero-order chi connectivity index (χ0) is 20.8. The first-order chi connectivity index (χ1) is 14.0. The van der Waals surface area contributed by atoms with Crippen LogP contribution in [0.2, 0.25) is 5.02 Å². The van der Waals surface area contributed by atoms with E-state index < -0.39 is 6.09 Å². The van der Waals surface area contributed by atoms with E-state index in [0.717, 1.165) is 16.8 Å². The van der Waals surface area contributed by atoms with Crippen molar-refractivity contribution in [3.8, 4) is 5.75 Å². The summed E-state index contributed by atoms with van der Waals surface area (Å²) >= 11 is 6.09. The van der Waals surface area contributed by atoms with Crippen LogP contribution in [0.4, 0.5) is 10.7 Å². The smallest absolute Gasteiger partial charge is 0.426 e. The van der Waals surface area contributed by atoms with Crippen molar-refractivity contribution >= 4 is 23.6 Å². The van der Waals surface area contributed by atoms with Gasteiger partial charge >= 0.3 is 6.09 Å². The van der Waals surface area contributed by atoms with Crippen LogP contribution >= 0.6 is 11.6 Å². The lowest BCUT2D eigenvalue weighted by molar-refractivity contribution is -0.112. The van der Waals surface area contributed by atoms with Gasteiger partial charge in [-0.25, -0.2) is 14.8 Å². The highest BCUT2D eigenvalue weighted by Crippen LogP contribution is 2.25. The van der Waals surface area contributed by atoms with E-state index in [1.54, 1.807) is 30.5 Å². The Morgan fingerprint density at radius 2 is 2.28 bits per heavy atom. The molecule has 1 aliphatic rings. The summed E-state index contributed by atoms with van der Waals surface area (Å²) in [6.07, 6.45) is 1.88. The zero-order valence-corrected chi connectivity index (χ0v) is 17.1. The lowest BCUT2D eigenvalue weighted by Gasteiger charge is -2.26. The number of hydroxylamine groups is 2. The molecule has 0 radical (unpaired) electrons. The van der Waals surface area contributed by atoms with Gasteiger partial charge in [-0.2, -0.15) is 0 Å². The fourth-order valence-electron chi connectivity index (χ4n) is 2.84.